The Morgan fingerprint density at radius 1 is 1.15 bits per heavy atom. The molecule has 1 fully saturated rings. The fraction of sp³-hybridized carbons (Fsp3) is 0.364. The van der Waals surface area contributed by atoms with Crippen LogP contribution in [0.2, 0.25) is 0 Å². The molecular weight excluding hydrogens is 424 g/mol. The van der Waals surface area contributed by atoms with Crippen LogP contribution in [0.25, 0.3) is 33.9 Å². The first-order valence-corrected chi connectivity index (χ1v) is 11.0. The van der Waals surface area contributed by atoms with Crippen molar-refractivity contribution in [1.29, 1.82) is 0 Å². The Bertz CT molecular complexity index is 1350. The summed E-state index contributed by atoms with van der Waals surface area (Å²) < 4.78 is 1.70. The van der Waals surface area contributed by atoms with E-state index in [1.54, 1.807) is 10.8 Å². The van der Waals surface area contributed by atoms with E-state index >= 15 is 0 Å². The third-order valence-electron chi connectivity index (χ3n) is 6.03. The molecule has 0 bridgehead atoms. The Morgan fingerprint density at radius 3 is 2.73 bits per heavy atom. The Labute approximate surface area is 188 Å². The fourth-order valence-corrected chi connectivity index (χ4v) is 4.40. The van der Waals surface area contributed by atoms with E-state index < -0.39 is 6.09 Å². The number of aromatic nitrogens is 7. The maximum Gasteiger partial charge on any atom is 0.405 e. The molecule has 0 atom stereocenters. The standard InChI is InChI=1S/C22H24N8O3/c31-21-27-19-20(30(21)12-13-6-2-1-3-7-13)25-16(10-23-19)14-8-4-5-9-15(14)18-26-17(28-29-18)11-24-22(32)33/h4-5,8-10,13,24H,1-3,6-7,11-12H2,(H,32,33)(H,23,27,31)(H,26,28,29). The summed E-state index contributed by atoms with van der Waals surface area (Å²) >= 11 is 0. The molecule has 0 saturated heterocycles. The van der Waals surface area contributed by atoms with Crippen LogP contribution in [-0.4, -0.2) is 45.9 Å². The van der Waals surface area contributed by atoms with Crippen molar-refractivity contribution in [3.05, 3.63) is 46.8 Å². The molecule has 3 aromatic heterocycles. The average molecular weight is 448 g/mol. The van der Waals surface area contributed by atoms with E-state index in [9.17, 15) is 9.59 Å². The maximum atomic E-state index is 12.6. The van der Waals surface area contributed by atoms with Crippen molar-refractivity contribution in [3.8, 4) is 22.6 Å². The Hall–Kier alpha value is -4.02. The van der Waals surface area contributed by atoms with E-state index in [1.165, 1.54) is 19.3 Å². The Morgan fingerprint density at radius 2 is 1.94 bits per heavy atom. The molecule has 1 aliphatic rings. The number of nitrogens with one attached hydrogen (secondary N) is 3. The van der Waals surface area contributed by atoms with Crippen LogP contribution >= 0.6 is 0 Å². The lowest BCUT2D eigenvalue weighted by Crippen LogP contribution is -2.23. The van der Waals surface area contributed by atoms with Gasteiger partial charge in [-0.05, 0) is 18.8 Å². The van der Waals surface area contributed by atoms with Gasteiger partial charge in [-0.1, -0.05) is 43.5 Å². The smallest absolute Gasteiger partial charge is 0.405 e. The zero-order chi connectivity index (χ0) is 22.8. The van der Waals surface area contributed by atoms with Crippen LogP contribution in [0.3, 0.4) is 0 Å². The van der Waals surface area contributed by atoms with Gasteiger partial charge >= 0.3 is 11.8 Å². The molecule has 11 heteroatoms. The highest BCUT2D eigenvalue weighted by Crippen LogP contribution is 2.30. The number of hydrogen-bond donors (Lipinski definition) is 4. The number of nitrogens with zero attached hydrogens (tertiary/aromatic N) is 5. The molecular formula is C22H24N8O3. The normalized spacial score (nSPS) is 14.5. The summed E-state index contributed by atoms with van der Waals surface area (Å²) in [5.41, 5.74) is 2.91. The SMILES string of the molecule is O=C(O)NCc1nc(-c2ccccc2-c2cnc3[nH]c(=O)n(CC4CCCCC4)c3n2)n[nH]1. The number of carbonyl (C=O) groups is 1. The lowest BCUT2D eigenvalue weighted by atomic mass is 9.89. The largest absolute Gasteiger partial charge is 0.465 e. The summed E-state index contributed by atoms with van der Waals surface area (Å²) in [6.45, 7) is 0.659. The molecule has 0 aliphatic heterocycles. The first-order chi connectivity index (χ1) is 16.1. The predicted molar refractivity (Wildman–Crippen MR) is 120 cm³/mol. The molecule has 170 valence electrons. The first-order valence-electron chi connectivity index (χ1n) is 11.0. The number of amides is 1. The quantitative estimate of drug-likeness (QED) is 0.353. The van der Waals surface area contributed by atoms with Crippen LogP contribution in [-0.2, 0) is 13.1 Å². The van der Waals surface area contributed by atoms with Crippen LogP contribution in [0.15, 0.2) is 35.3 Å². The summed E-state index contributed by atoms with van der Waals surface area (Å²) in [4.78, 5) is 39.8. The number of benzene rings is 1. The van der Waals surface area contributed by atoms with Crippen LogP contribution in [0.5, 0.6) is 0 Å². The number of H-pyrrole nitrogens is 2. The molecule has 4 aromatic rings. The molecule has 0 unspecified atom stereocenters. The molecule has 0 spiro atoms. The third kappa shape index (κ3) is 4.34. The highest BCUT2D eigenvalue weighted by molar-refractivity contribution is 5.80. The molecule has 33 heavy (non-hydrogen) atoms. The highest BCUT2D eigenvalue weighted by Gasteiger charge is 2.19. The van der Waals surface area contributed by atoms with Gasteiger partial charge in [-0.15, -0.1) is 0 Å². The van der Waals surface area contributed by atoms with Gasteiger partial charge in [0.15, 0.2) is 17.1 Å². The third-order valence-corrected chi connectivity index (χ3v) is 6.03. The van der Waals surface area contributed by atoms with Crippen LogP contribution in [0, 0.1) is 5.92 Å². The van der Waals surface area contributed by atoms with Gasteiger partial charge in [-0.3, -0.25) is 14.6 Å². The zero-order valence-corrected chi connectivity index (χ0v) is 17.9. The summed E-state index contributed by atoms with van der Waals surface area (Å²) in [7, 11) is 0. The van der Waals surface area contributed by atoms with Crippen LogP contribution < -0.4 is 11.0 Å². The minimum Gasteiger partial charge on any atom is -0.465 e. The lowest BCUT2D eigenvalue weighted by Gasteiger charge is -2.21. The highest BCUT2D eigenvalue weighted by atomic mass is 16.4. The van der Waals surface area contributed by atoms with Gasteiger partial charge in [0.1, 0.15) is 5.82 Å². The van der Waals surface area contributed by atoms with E-state index in [1.807, 2.05) is 24.3 Å². The fourth-order valence-electron chi connectivity index (χ4n) is 4.40. The van der Waals surface area contributed by atoms with Crippen molar-refractivity contribution in [2.24, 2.45) is 5.92 Å². The summed E-state index contributed by atoms with van der Waals surface area (Å²) in [6.07, 6.45) is 6.40. The molecule has 1 aromatic carbocycles. The number of fused-ring (bicyclic) bond motifs is 1. The summed E-state index contributed by atoms with van der Waals surface area (Å²) in [5, 5.41) is 18.0. The van der Waals surface area contributed by atoms with Crippen LogP contribution in [0.1, 0.15) is 37.9 Å². The van der Waals surface area contributed by atoms with Gasteiger partial charge in [0.25, 0.3) is 0 Å². The van der Waals surface area contributed by atoms with E-state index in [0.717, 1.165) is 24.0 Å². The first kappa shape index (κ1) is 20.9. The number of carboxylic acid groups (broad SMARTS) is 1. The van der Waals surface area contributed by atoms with Crippen molar-refractivity contribution < 1.29 is 9.90 Å². The second kappa shape index (κ2) is 8.85. The van der Waals surface area contributed by atoms with Crippen molar-refractivity contribution in [1.82, 2.24) is 40.0 Å². The van der Waals surface area contributed by atoms with E-state index in [4.69, 9.17) is 10.1 Å². The minimum absolute atomic E-state index is 0.0209. The molecule has 0 radical (unpaired) electrons. The molecule has 3 heterocycles. The van der Waals surface area contributed by atoms with Gasteiger partial charge in [0.2, 0.25) is 0 Å². The van der Waals surface area contributed by atoms with Crippen molar-refractivity contribution in [3.63, 3.8) is 0 Å². The summed E-state index contributed by atoms with van der Waals surface area (Å²) in [6, 6.07) is 7.51. The maximum absolute atomic E-state index is 12.6. The molecule has 11 nitrogen and oxygen atoms in total. The van der Waals surface area contributed by atoms with Crippen molar-refractivity contribution in [2.75, 3.05) is 0 Å². The van der Waals surface area contributed by atoms with Crippen molar-refractivity contribution in [2.45, 2.75) is 45.2 Å². The second-order valence-corrected chi connectivity index (χ2v) is 8.28. The van der Waals surface area contributed by atoms with Crippen molar-refractivity contribution >= 4 is 17.4 Å². The minimum atomic E-state index is -1.14. The lowest BCUT2D eigenvalue weighted by molar-refractivity contribution is 0.193. The Kier molecular flexibility index (Phi) is 5.59. The van der Waals surface area contributed by atoms with Gasteiger partial charge in [-0.25, -0.2) is 24.5 Å². The molecule has 1 aliphatic carbocycles. The van der Waals surface area contributed by atoms with Gasteiger partial charge < -0.3 is 10.4 Å². The van der Waals surface area contributed by atoms with E-state index in [0.29, 0.717) is 41.1 Å². The number of aromatic amines is 2. The van der Waals surface area contributed by atoms with E-state index in [2.05, 4.69) is 30.5 Å². The van der Waals surface area contributed by atoms with Gasteiger partial charge in [-0.2, -0.15) is 5.10 Å². The molecule has 1 amide bonds. The molecule has 1 saturated carbocycles. The Balaban J connectivity index is 1.50. The topological polar surface area (TPSA) is 154 Å². The number of imidazole rings is 1. The second-order valence-electron chi connectivity index (χ2n) is 8.28. The number of hydrogen-bond acceptors (Lipinski definition) is 6. The molecule has 4 N–H and O–H groups in total. The van der Waals surface area contributed by atoms with Gasteiger partial charge in [0.05, 0.1) is 18.4 Å². The summed E-state index contributed by atoms with van der Waals surface area (Å²) in [5.74, 6) is 1.29. The predicted octanol–water partition coefficient (Wildman–Crippen LogP) is 2.92. The van der Waals surface area contributed by atoms with Gasteiger partial charge in [0, 0.05) is 17.7 Å². The van der Waals surface area contributed by atoms with E-state index in [-0.39, 0.29) is 12.2 Å². The average Bonchev–Trinajstić information content (AvgIpc) is 3.43. The van der Waals surface area contributed by atoms with Crippen LogP contribution in [0.4, 0.5) is 4.79 Å². The number of rotatable bonds is 6. The monoisotopic (exact) mass is 448 g/mol. The zero-order valence-electron chi connectivity index (χ0n) is 17.9. The molecule has 5 rings (SSSR count).